The maximum Gasteiger partial charge on any atom is 0.416 e. The molecule has 0 fully saturated rings. The fourth-order valence-electron chi connectivity index (χ4n) is 3.98. The lowest BCUT2D eigenvalue weighted by atomic mass is 10.1. The van der Waals surface area contributed by atoms with Gasteiger partial charge in [-0.2, -0.15) is 13.2 Å². The molecule has 3 aromatic rings. The standard InChI is InChI=1S/C27H27F3N2O6/c1-18-6-8-22(38-18)15-32(14-19-7-9-23-24(12-19)37-17-36-23)25(33)16-31(10-11-35-2)26(34)20-4-3-5-21(13-20)27(28,29)30/h3-9,12-13H,10-11,14-17H2,1-2H3. The summed E-state index contributed by atoms with van der Waals surface area (Å²) in [7, 11) is 1.43. The van der Waals surface area contributed by atoms with Crippen molar-refractivity contribution >= 4 is 11.8 Å². The number of aryl methyl sites for hydroxylation is 1. The molecule has 2 amide bonds. The van der Waals surface area contributed by atoms with Crippen LogP contribution in [0, 0.1) is 6.92 Å². The first kappa shape index (κ1) is 27.1. The summed E-state index contributed by atoms with van der Waals surface area (Å²) in [4.78, 5) is 29.5. The van der Waals surface area contributed by atoms with E-state index in [-0.39, 0.29) is 45.1 Å². The average molecular weight is 533 g/mol. The molecule has 0 unspecified atom stereocenters. The van der Waals surface area contributed by atoms with Crippen LogP contribution in [0.3, 0.4) is 0 Å². The van der Waals surface area contributed by atoms with Gasteiger partial charge in [0.15, 0.2) is 11.5 Å². The minimum absolute atomic E-state index is 0.00897. The monoisotopic (exact) mass is 532 g/mol. The van der Waals surface area contributed by atoms with Crippen LogP contribution >= 0.6 is 0 Å². The number of rotatable bonds is 10. The molecule has 0 spiro atoms. The Morgan fingerprint density at radius 1 is 0.974 bits per heavy atom. The number of ether oxygens (including phenoxy) is 3. The predicted octanol–water partition coefficient (Wildman–Crippen LogP) is 4.65. The van der Waals surface area contributed by atoms with Crippen LogP contribution in [0.15, 0.2) is 59.0 Å². The van der Waals surface area contributed by atoms with Gasteiger partial charge in [-0.3, -0.25) is 9.59 Å². The molecule has 0 radical (unpaired) electrons. The molecular weight excluding hydrogens is 505 g/mol. The number of halogens is 3. The lowest BCUT2D eigenvalue weighted by Crippen LogP contribution is -2.43. The highest BCUT2D eigenvalue weighted by molar-refractivity contribution is 5.96. The van der Waals surface area contributed by atoms with E-state index in [1.165, 1.54) is 23.0 Å². The molecular formula is C27H27F3N2O6. The summed E-state index contributed by atoms with van der Waals surface area (Å²) in [6.45, 7) is 1.92. The van der Waals surface area contributed by atoms with Gasteiger partial charge in [-0.25, -0.2) is 0 Å². The highest BCUT2D eigenvalue weighted by atomic mass is 19.4. The summed E-state index contributed by atoms with van der Waals surface area (Å²) in [5.74, 6) is 1.25. The number of amides is 2. The van der Waals surface area contributed by atoms with E-state index in [1.807, 2.05) is 0 Å². The first-order valence-corrected chi connectivity index (χ1v) is 11.8. The lowest BCUT2D eigenvalue weighted by Gasteiger charge is -2.27. The number of furan rings is 1. The second-order valence-corrected chi connectivity index (χ2v) is 8.75. The topological polar surface area (TPSA) is 81.5 Å². The third kappa shape index (κ3) is 6.65. The first-order valence-electron chi connectivity index (χ1n) is 11.8. The van der Waals surface area contributed by atoms with Gasteiger partial charge in [0, 0.05) is 25.8 Å². The average Bonchev–Trinajstić information content (AvgIpc) is 3.53. The molecule has 4 rings (SSSR count). The number of methoxy groups -OCH3 is 1. The van der Waals surface area contributed by atoms with Crippen molar-refractivity contribution in [3.63, 3.8) is 0 Å². The van der Waals surface area contributed by atoms with Gasteiger partial charge in [-0.1, -0.05) is 12.1 Å². The SMILES string of the molecule is COCCN(CC(=O)N(Cc1ccc2c(c1)OCO2)Cc1ccc(C)o1)C(=O)c1cccc(C(F)(F)F)c1. The number of nitrogens with zero attached hydrogens (tertiary/aromatic N) is 2. The second-order valence-electron chi connectivity index (χ2n) is 8.75. The van der Waals surface area contributed by atoms with Crippen molar-refractivity contribution in [3.05, 3.63) is 82.8 Å². The van der Waals surface area contributed by atoms with Gasteiger partial charge in [-0.05, 0) is 55.0 Å². The van der Waals surface area contributed by atoms with E-state index in [0.29, 0.717) is 23.0 Å². The van der Waals surface area contributed by atoms with E-state index < -0.39 is 23.6 Å². The van der Waals surface area contributed by atoms with Gasteiger partial charge in [0.2, 0.25) is 12.7 Å². The van der Waals surface area contributed by atoms with Crippen molar-refractivity contribution in [2.24, 2.45) is 0 Å². The Bertz CT molecular complexity index is 1290. The largest absolute Gasteiger partial charge is 0.464 e. The Kier molecular flexibility index (Phi) is 8.26. The third-order valence-corrected chi connectivity index (χ3v) is 5.92. The third-order valence-electron chi connectivity index (χ3n) is 5.92. The molecule has 0 saturated heterocycles. The number of carbonyl (C=O) groups is 2. The highest BCUT2D eigenvalue weighted by Crippen LogP contribution is 2.33. The molecule has 11 heteroatoms. The smallest absolute Gasteiger partial charge is 0.416 e. The zero-order valence-corrected chi connectivity index (χ0v) is 20.9. The highest BCUT2D eigenvalue weighted by Gasteiger charge is 2.32. The van der Waals surface area contributed by atoms with E-state index in [0.717, 1.165) is 23.8 Å². The van der Waals surface area contributed by atoms with Crippen LogP contribution in [-0.2, 0) is 28.8 Å². The van der Waals surface area contributed by atoms with Crippen LogP contribution in [0.2, 0.25) is 0 Å². The number of hydrogen-bond acceptors (Lipinski definition) is 6. The molecule has 0 bridgehead atoms. The van der Waals surface area contributed by atoms with Crippen LogP contribution in [0.5, 0.6) is 11.5 Å². The summed E-state index contributed by atoms with van der Waals surface area (Å²) in [5.41, 5.74) is -0.356. The van der Waals surface area contributed by atoms with Crippen molar-refractivity contribution in [1.29, 1.82) is 0 Å². The lowest BCUT2D eigenvalue weighted by molar-refractivity contribution is -0.137. The van der Waals surface area contributed by atoms with E-state index in [4.69, 9.17) is 18.6 Å². The molecule has 0 N–H and O–H groups in total. The number of fused-ring (bicyclic) bond motifs is 1. The first-order chi connectivity index (χ1) is 18.1. The number of benzene rings is 2. The van der Waals surface area contributed by atoms with Crippen LogP contribution < -0.4 is 9.47 Å². The van der Waals surface area contributed by atoms with Gasteiger partial charge in [0.05, 0.1) is 18.7 Å². The van der Waals surface area contributed by atoms with Gasteiger partial charge in [-0.15, -0.1) is 0 Å². The fourth-order valence-corrected chi connectivity index (χ4v) is 3.98. The van der Waals surface area contributed by atoms with E-state index in [9.17, 15) is 22.8 Å². The van der Waals surface area contributed by atoms with Gasteiger partial charge in [0.1, 0.15) is 18.1 Å². The van der Waals surface area contributed by atoms with Crippen LogP contribution in [0.4, 0.5) is 13.2 Å². The molecule has 8 nitrogen and oxygen atoms in total. The summed E-state index contributed by atoms with van der Waals surface area (Å²) >= 11 is 0. The van der Waals surface area contributed by atoms with Crippen molar-refractivity contribution in [1.82, 2.24) is 9.80 Å². The zero-order chi connectivity index (χ0) is 27.3. The molecule has 0 atom stereocenters. The maximum absolute atomic E-state index is 13.5. The Balaban J connectivity index is 1.57. The van der Waals surface area contributed by atoms with E-state index in [1.54, 1.807) is 37.3 Å². The fraction of sp³-hybridized carbons (Fsp3) is 0.333. The molecule has 1 aromatic heterocycles. The van der Waals surface area contributed by atoms with Gasteiger partial charge < -0.3 is 28.4 Å². The Hall–Kier alpha value is -3.99. The number of carbonyl (C=O) groups excluding carboxylic acids is 2. The second kappa shape index (κ2) is 11.6. The Labute approximate surface area is 217 Å². The maximum atomic E-state index is 13.5. The normalized spacial score (nSPS) is 12.4. The van der Waals surface area contributed by atoms with Crippen molar-refractivity contribution < 1.29 is 41.4 Å². The van der Waals surface area contributed by atoms with E-state index >= 15 is 0 Å². The molecule has 0 aliphatic carbocycles. The summed E-state index contributed by atoms with van der Waals surface area (Å²) in [5, 5.41) is 0. The van der Waals surface area contributed by atoms with Crippen molar-refractivity contribution in [2.45, 2.75) is 26.2 Å². The molecule has 38 heavy (non-hydrogen) atoms. The van der Waals surface area contributed by atoms with Gasteiger partial charge in [0.25, 0.3) is 5.91 Å². The van der Waals surface area contributed by atoms with Crippen LogP contribution in [0.25, 0.3) is 0 Å². The summed E-state index contributed by atoms with van der Waals surface area (Å²) in [6.07, 6.45) is -4.61. The Morgan fingerprint density at radius 2 is 1.76 bits per heavy atom. The molecule has 0 saturated carbocycles. The van der Waals surface area contributed by atoms with Crippen molar-refractivity contribution in [2.75, 3.05) is 33.6 Å². The minimum Gasteiger partial charge on any atom is -0.464 e. The zero-order valence-electron chi connectivity index (χ0n) is 20.9. The quantitative estimate of drug-likeness (QED) is 0.378. The molecule has 1 aliphatic heterocycles. The number of alkyl halides is 3. The van der Waals surface area contributed by atoms with E-state index in [2.05, 4.69) is 0 Å². The van der Waals surface area contributed by atoms with Crippen molar-refractivity contribution in [3.8, 4) is 11.5 Å². The molecule has 2 aromatic carbocycles. The minimum atomic E-state index is -4.61. The molecule has 2 heterocycles. The van der Waals surface area contributed by atoms with Gasteiger partial charge >= 0.3 is 6.18 Å². The number of hydrogen-bond donors (Lipinski definition) is 0. The molecule has 1 aliphatic rings. The molecule has 202 valence electrons. The summed E-state index contributed by atoms with van der Waals surface area (Å²) < 4.78 is 61.2. The van der Waals surface area contributed by atoms with Crippen LogP contribution in [0.1, 0.15) is 33.0 Å². The Morgan fingerprint density at radius 3 is 2.47 bits per heavy atom. The van der Waals surface area contributed by atoms with Crippen LogP contribution in [-0.4, -0.2) is 55.2 Å². The summed E-state index contributed by atoms with van der Waals surface area (Å²) in [6, 6.07) is 13.0. The predicted molar refractivity (Wildman–Crippen MR) is 129 cm³/mol.